The highest BCUT2D eigenvalue weighted by Gasteiger charge is 2.24. The van der Waals surface area contributed by atoms with Crippen molar-refractivity contribution in [3.63, 3.8) is 0 Å². The molecule has 0 aliphatic carbocycles. The molecule has 2 aliphatic rings. The monoisotopic (exact) mass is 394 g/mol. The van der Waals surface area contributed by atoms with Crippen molar-refractivity contribution in [3.8, 4) is 0 Å². The van der Waals surface area contributed by atoms with E-state index in [9.17, 15) is 4.79 Å². The van der Waals surface area contributed by atoms with Crippen LogP contribution in [0.4, 0.5) is 5.95 Å². The van der Waals surface area contributed by atoms with Crippen LogP contribution < -0.4 is 4.90 Å². The molecule has 2 saturated heterocycles. The molecule has 7 heteroatoms. The van der Waals surface area contributed by atoms with Gasteiger partial charge in [-0.05, 0) is 31.1 Å². The Hall–Kier alpha value is -2.51. The van der Waals surface area contributed by atoms with Gasteiger partial charge in [-0.1, -0.05) is 30.3 Å². The van der Waals surface area contributed by atoms with Crippen molar-refractivity contribution in [1.29, 1.82) is 0 Å². The smallest absolute Gasteiger partial charge is 0.236 e. The molecule has 2 aromatic rings. The largest absolute Gasteiger partial charge is 0.338 e. The summed E-state index contributed by atoms with van der Waals surface area (Å²) >= 11 is 0. The van der Waals surface area contributed by atoms with Gasteiger partial charge in [-0.2, -0.15) is 0 Å². The Bertz CT molecular complexity index is 763. The van der Waals surface area contributed by atoms with E-state index in [2.05, 4.69) is 55.0 Å². The summed E-state index contributed by atoms with van der Waals surface area (Å²) in [5.41, 5.74) is 1.36. The Morgan fingerprint density at radius 2 is 1.48 bits per heavy atom. The van der Waals surface area contributed by atoms with Crippen LogP contribution >= 0.6 is 0 Å². The second-order valence-corrected chi connectivity index (χ2v) is 7.81. The van der Waals surface area contributed by atoms with Crippen molar-refractivity contribution in [2.75, 3.05) is 63.8 Å². The number of hydrogen-bond acceptors (Lipinski definition) is 6. The Kier molecular flexibility index (Phi) is 6.69. The average molecular weight is 395 g/mol. The zero-order chi connectivity index (χ0) is 19.9. The second kappa shape index (κ2) is 9.80. The molecule has 2 aliphatic heterocycles. The maximum absolute atomic E-state index is 12.8. The van der Waals surface area contributed by atoms with Gasteiger partial charge < -0.3 is 9.80 Å². The minimum atomic E-state index is 0.245. The zero-order valence-electron chi connectivity index (χ0n) is 17.0. The number of rotatable bonds is 5. The van der Waals surface area contributed by atoms with Gasteiger partial charge in [0.15, 0.2) is 0 Å². The molecule has 7 nitrogen and oxygen atoms in total. The first kappa shape index (κ1) is 19.8. The van der Waals surface area contributed by atoms with Gasteiger partial charge >= 0.3 is 0 Å². The number of hydrogen-bond donors (Lipinski definition) is 0. The molecule has 0 saturated carbocycles. The highest BCUT2D eigenvalue weighted by Crippen LogP contribution is 2.12. The lowest BCUT2D eigenvalue weighted by molar-refractivity contribution is -0.132. The van der Waals surface area contributed by atoms with E-state index in [-0.39, 0.29) is 5.91 Å². The summed E-state index contributed by atoms with van der Waals surface area (Å²) in [7, 11) is 0. The molecule has 2 fully saturated rings. The van der Waals surface area contributed by atoms with Gasteiger partial charge in [0.1, 0.15) is 0 Å². The van der Waals surface area contributed by atoms with Crippen LogP contribution in [0.25, 0.3) is 0 Å². The molecule has 3 heterocycles. The first-order valence-electron chi connectivity index (χ1n) is 10.6. The van der Waals surface area contributed by atoms with E-state index in [0.29, 0.717) is 6.54 Å². The third kappa shape index (κ3) is 5.52. The van der Waals surface area contributed by atoms with Crippen molar-refractivity contribution in [1.82, 2.24) is 24.7 Å². The molecule has 0 N–H and O–H groups in total. The third-order valence-electron chi connectivity index (χ3n) is 5.76. The number of anilines is 1. The lowest BCUT2D eigenvalue weighted by Crippen LogP contribution is -2.51. The van der Waals surface area contributed by atoms with Gasteiger partial charge in [-0.25, -0.2) is 9.97 Å². The van der Waals surface area contributed by atoms with Crippen LogP contribution in [0.5, 0.6) is 0 Å². The number of amides is 1. The number of piperazine rings is 1. The summed E-state index contributed by atoms with van der Waals surface area (Å²) < 4.78 is 0. The topological polar surface area (TPSA) is 55.8 Å². The fourth-order valence-corrected chi connectivity index (χ4v) is 4.08. The molecule has 0 spiro atoms. The quantitative estimate of drug-likeness (QED) is 0.763. The maximum Gasteiger partial charge on any atom is 0.236 e. The summed E-state index contributed by atoms with van der Waals surface area (Å²) in [5, 5.41) is 0. The third-order valence-corrected chi connectivity index (χ3v) is 5.76. The SMILES string of the molecule is O=C(CN1CCCN(Cc2ccccc2)CC1)N1CCN(c2ncccn2)CC1. The van der Waals surface area contributed by atoms with Crippen LogP contribution in [-0.2, 0) is 11.3 Å². The van der Waals surface area contributed by atoms with Gasteiger partial charge in [-0.3, -0.25) is 14.6 Å². The van der Waals surface area contributed by atoms with Gasteiger partial charge in [0, 0.05) is 58.2 Å². The molecule has 1 aromatic carbocycles. The average Bonchev–Trinajstić information content (AvgIpc) is 3.00. The van der Waals surface area contributed by atoms with E-state index in [1.54, 1.807) is 12.4 Å². The highest BCUT2D eigenvalue weighted by molar-refractivity contribution is 5.78. The Labute approximate surface area is 172 Å². The van der Waals surface area contributed by atoms with E-state index in [1.807, 2.05) is 11.0 Å². The number of nitrogens with zero attached hydrogens (tertiary/aromatic N) is 6. The van der Waals surface area contributed by atoms with Crippen LogP contribution in [0.15, 0.2) is 48.8 Å². The maximum atomic E-state index is 12.8. The highest BCUT2D eigenvalue weighted by atomic mass is 16.2. The molecule has 0 unspecified atom stereocenters. The number of benzene rings is 1. The minimum Gasteiger partial charge on any atom is -0.338 e. The van der Waals surface area contributed by atoms with E-state index in [1.165, 1.54) is 5.56 Å². The molecule has 4 rings (SSSR count). The van der Waals surface area contributed by atoms with E-state index >= 15 is 0 Å². The van der Waals surface area contributed by atoms with Crippen molar-refractivity contribution in [2.24, 2.45) is 0 Å². The zero-order valence-corrected chi connectivity index (χ0v) is 17.0. The molecule has 0 atom stereocenters. The molecule has 0 radical (unpaired) electrons. The van der Waals surface area contributed by atoms with Crippen LogP contribution in [0.2, 0.25) is 0 Å². The number of carbonyl (C=O) groups is 1. The molecule has 1 amide bonds. The van der Waals surface area contributed by atoms with E-state index in [4.69, 9.17) is 0 Å². The van der Waals surface area contributed by atoms with Crippen molar-refractivity contribution < 1.29 is 4.79 Å². The van der Waals surface area contributed by atoms with Gasteiger partial charge in [-0.15, -0.1) is 0 Å². The van der Waals surface area contributed by atoms with Crippen molar-refractivity contribution in [3.05, 3.63) is 54.4 Å². The minimum absolute atomic E-state index is 0.245. The lowest BCUT2D eigenvalue weighted by Gasteiger charge is -2.35. The molecule has 29 heavy (non-hydrogen) atoms. The van der Waals surface area contributed by atoms with Crippen molar-refractivity contribution in [2.45, 2.75) is 13.0 Å². The van der Waals surface area contributed by atoms with Gasteiger partial charge in [0.2, 0.25) is 11.9 Å². The predicted molar refractivity (Wildman–Crippen MR) is 114 cm³/mol. The van der Waals surface area contributed by atoms with Crippen molar-refractivity contribution >= 4 is 11.9 Å². The summed E-state index contributed by atoms with van der Waals surface area (Å²) in [6.45, 7) is 8.65. The molecule has 0 bridgehead atoms. The van der Waals surface area contributed by atoms with Gasteiger partial charge in [0.05, 0.1) is 6.54 Å². The lowest BCUT2D eigenvalue weighted by atomic mass is 10.2. The molecule has 154 valence electrons. The Morgan fingerprint density at radius 3 is 2.24 bits per heavy atom. The fraction of sp³-hybridized carbons (Fsp3) is 0.500. The second-order valence-electron chi connectivity index (χ2n) is 7.81. The first-order valence-corrected chi connectivity index (χ1v) is 10.6. The molecular formula is C22H30N6O. The van der Waals surface area contributed by atoms with Crippen LogP contribution in [0.1, 0.15) is 12.0 Å². The first-order chi connectivity index (χ1) is 14.3. The van der Waals surface area contributed by atoms with Crippen LogP contribution in [0, 0.1) is 0 Å². The molecular weight excluding hydrogens is 364 g/mol. The normalized spacial score (nSPS) is 19.2. The van der Waals surface area contributed by atoms with E-state index in [0.717, 1.165) is 71.3 Å². The van der Waals surface area contributed by atoms with E-state index < -0.39 is 0 Å². The number of carbonyl (C=O) groups excluding carboxylic acids is 1. The fourth-order valence-electron chi connectivity index (χ4n) is 4.08. The predicted octanol–water partition coefficient (Wildman–Crippen LogP) is 1.33. The standard InChI is InChI=1S/C22H30N6O/c29-21(27-14-16-28(17-15-27)22-23-8-4-9-24-22)19-26-11-5-10-25(12-13-26)18-20-6-2-1-3-7-20/h1-4,6-9H,5,10-19H2. The van der Waals surface area contributed by atoms with Crippen LogP contribution in [0.3, 0.4) is 0 Å². The van der Waals surface area contributed by atoms with Gasteiger partial charge in [0.25, 0.3) is 0 Å². The Balaban J connectivity index is 1.22. The summed E-state index contributed by atoms with van der Waals surface area (Å²) in [4.78, 5) is 30.4. The Morgan fingerprint density at radius 1 is 0.793 bits per heavy atom. The molecule has 1 aromatic heterocycles. The summed E-state index contributed by atoms with van der Waals surface area (Å²) in [6.07, 6.45) is 4.64. The van der Waals surface area contributed by atoms with Crippen LogP contribution in [-0.4, -0.2) is 89.5 Å². The number of aromatic nitrogens is 2. The summed E-state index contributed by atoms with van der Waals surface area (Å²) in [6, 6.07) is 12.5. The summed E-state index contributed by atoms with van der Waals surface area (Å²) in [5.74, 6) is 1.00.